The van der Waals surface area contributed by atoms with Gasteiger partial charge < -0.3 is 4.74 Å². The van der Waals surface area contributed by atoms with Gasteiger partial charge in [-0.15, -0.1) is 0 Å². The van der Waals surface area contributed by atoms with Gasteiger partial charge >= 0.3 is 11.9 Å². The minimum atomic E-state index is -4.85. The first-order valence-corrected chi connectivity index (χ1v) is 9.86. The van der Waals surface area contributed by atoms with E-state index < -0.39 is 23.1 Å². The second kappa shape index (κ2) is 7.75. The van der Waals surface area contributed by atoms with E-state index in [0.717, 1.165) is 18.6 Å². The minimum absolute atomic E-state index is 0.0868. The molecule has 0 amide bonds. The molecule has 32 heavy (non-hydrogen) atoms. The monoisotopic (exact) mass is 461 g/mol. The molecule has 4 rings (SSSR count). The molecule has 4 aromatic rings. The summed E-state index contributed by atoms with van der Waals surface area (Å²) < 4.78 is 50.9. The van der Waals surface area contributed by atoms with Gasteiger partial charge in [0.25, 0.3) is 5.56 Å². The molecule has 0 spiro atoms. The van der Waals surface area contributed by atoms with Crippen LogP contribution in [0.5, 0.6) is 5.75 Å². The number of aldehydes is 1. The van der Waals surface area contributed by atoms with Gasteiger partial charge in [0.1, 0.15) is 17.7 Å². The fraction of sp³-hybridized carbons (Fsp3) is 0.143. The first kappa shape index (κ1) is 21.5. The Labute approximate surface area is 182 Å². The summed E-state index contributed by atoms with van der Waals surface area (Å²) in [5.41, 5.74) is -2.12. The molecule has 0 radical (unpaired) electrons. The summed E-state index contributed by atoms with van der Waals surface area (Å²) in [6.07, 6.45) is -4.17. The third-order valence-corrected chi connectivity index (χ3v) is 5.76. The fourth-order valence-electron chi connectivity index (χ4n) is 3.38. The van der Waals surface area contributed by atoms with Crippen molar-refractivity contribution in [3.63, 3.8) is 0 Å². The Balaban J connectivity index is 1.96. The van der Waals surface area contributed by atoms with Crippen molar-refractivity contribution in [1.82, 2.24) is 13.5 Å². The normalized spacial score (nSPS) is 11.7. The van der Waals surface area contributed by atoms with Crippen molar-refractivity contribution in [3.05, 3.63) is 74.6 Å². The zero-order chi connectivity index (χ0) is 23.2. The van der Waals surface area contributed by atoms with Crippen molar-refractivity contribution < 1.29 is 22.7 Å². The van der Waals surface area contributed by atoms with E-state index in [1.807, 2.05) is 0 Å². The molecule has 7 nitrogen and oxygen atoms in total. The van der Waals surface area contributed by atoms with Crippen LogP contribution < -0.4 is 16.0 Å². The highest BCUT2D eigenvalue weighted by Crippen LogP contribution is 2.37. The van der Waals surface area contributed by atoms with E-state index in [-0.39, 0.29) is 5.69 Å². The number of hydrogen-bond donors (Lipinski definition) is 0. The SMILES string of the molecule is COc1ccc(C=O)cc1-c1nsc2ccc(-n3c(=O)cc(C(F)(F)F)n(C)c3=O)cc12. The first-order chi connectivity index (χ1) is 15.2. The van der Waals surface area contributed by atoms with Crippen molar-refractivity contribution in [1.29, 1.82) is 0 Å². The van der Waals surface area contributed by atoms with Crippen LogP contribution in [0.25, 0.3) is 27.0 Å². The lowest BCUT2D eigenvalue weighted by Gasteiger charge is -2.14. The van der Waals surface area contributed by atoms with E-state index in [9.17, 15) is 27.6 Å². The van der Waals surface area contributed by atoms with Crippen LogP contribution in [0.1, 0.15) is 16.1 Å². The number of alkyl halides is 3. The summed E-state index contributed by atoms with van der Waals surface area (Å²) in [5, 5.41) is 0.544. The molecule has 0 saturated heterocycles. The number of aromatic nitrogens is 3. The van der Waals surface area contributed by atoms with Crippen LogP contribution in [-0.4, -0.2) is 26.9 Å². The highest BCUT2D eigenvalue weighted by atomic mass is 32.1. The van der Waals surface area contributed by atoms with Gasteiger partial charge in [-0.2, -0.15) is 17.5 Å². The molecule has 2 aromatic carbocycles. The molecule has 0 aliphatic rings. The van der Waals surface area contributed by atoms with Crippen LogP contribution in [-0.2, 0) is 13.2 Å². The molecule has 164 valence electrons. The molecule has 0 aliphatic carbocycles. The molecule has 0 N–H and O–H groups in total. The summed E-state index contributed by atoms with van der Waals surface area (Å²) in [4.78, 5) is 36.3. The summed E-state index contributed by atoms with van der Waals surface area (Å²) >= 11 is 1.15. The number of nitrogens with zero attached hydrogens (tertiary/aromatic N) is 3. The van der Waals surface area contributed by atoms with Crippen LogP contribution in [0.2, 0.25) is 0 Å². The van der Waals surface area contributed by atoms with E-state index in [1.165, 1.54) is 19.2 Å². The van der Waals surface area contributed by atoms with E-state index in [0.29, 0.717) is 54.1 Å². The smallest absolute Gasteiger partial charge is 0.431 e. The second-order valence-electron chi connectivity index (χ2n) is 6.83. The maximum absolute atomic E-state index is 13.1. The molecular weight excluding hydrogens is 447 g/mol. The lowest BCUT2D eigenvalue weighted by molar-refractivity contribution is -0.144. The molecule has 2 aromatic heterocycles. The lowest BCUT2D eigenvalue weighted by Crippen LogP contribution is -2.40. The number of fused-ring (bicyclic) bond motifs is 1. The number of methoxy groups -OCH3 is 1. The van der Waals surface area contributed by atoms with Gasteiger partial charge in [0.05, 0.1) is 23.2 Å². The Morgan fingerprint density at radius 1 is 1.09 bits per heavy atom. The quantitative estimate of drug-likeness (QED) is 0.434. The summed E-state index contributed by atoms with van der Waals surface area (Å²) in [7, 11) is 2.41. The number of ether oxygens (including phenoxy) is 1. The molecule has 0 aliphatic heterocycles. The second-order valence-corrected chi connectivity index (χ2v) is 7.64. The third kappa shape index (κ3) is 3.50. The van der Waals surface area contributed by atoms with Crippen LogP contribution in [0.4, 0.5) is 13.2 Å². The van der Waals surface area contributed by atoms with Crippen molar-refractivity contribution in [3.8, 4) is 22.7 Å². The highest BCUT2D eigenvalue weighted by molar-refractivity contribution is 7.13. The summed E-state index contributed by atoms with van der Waals surface area (Å²) in [6, 6.07) is 9.75. The van der Waals surface area contributed by atoms with Crippen LogP contribution in [0, 0.1) is 0 Å². The molecule has 0 saturated carbocycles. The molecular formula is C21H14F3N3O4S. The molecule has 2 heterocycles. The van der Waals surface area contributed by atoms with Crippen molar-refractivity contribution >= 4 is 27.9 Å². The predicted molar refractivity (Wildman–Crippen MR) is 113 cm³/mol. The highest BCUT2D eigenvalue weighted by Gasteiger charge is 2.35. The van der Waals surface area contributed by atoms with Gasteiger partial charge in [-0.25, -0.2) is 9.36 Å². The van der Waals surface area contributed by atoms with Gasteiger partial charge in [-0.05, 0) is 47.9 Å². The zero-order valence-electron chi connectivity index (χ0n) is 16.6. The zero-order valence-corrected chi connectivity index (χ0v) is 17.5. The average molecular weight is 461 g/mol. The average Bonchev–Trinajstić information content (AvgIpc) is 3.18. The minimum Gasteiger partial charge on any atom is -0.496 e. The Morgan fingerprint density at radius 3 is 2.50 bits per heavy atom. The van der Waals surface area contributed by atoms with Gasteiger partial charge in [0.15, 0.2) is 0 Å². The van der Waals surface area contributed by atoms with Crippen molar-refractivity contribution in [2.24, 2.45) is 7.05 Å². The molecule has 11 heteroatoms. The van der Waals surface area contributed by atoms with E-state index in [1.54, 1.807) is 24.3 Å². The Bertz CT molecular complexity index is 1480. The molecule has 0 unspecified atom stereocenters. The van der Waals surface area contributed by atoms with E-state index in [4.69, 9.17) is 4.74 Å². The van der Waals surface area contributed by atoms with Gasteiger partial charge in [-0.1, -0.05) is 0 Å². The number of hydrogen-bond acceptors (Lipinski definition) is 6. The third-order valence-electron chi connectivity index (χ3n) is 4.94. The molecule has 0 atom stereocenters. The first-order valence-electron chi connectivity index (χ1n) is 9.09. The van der Waals surface area contributed by atoms with Crippen LogP contribution in [0.3, 0.4) is 0 Å². The number of halogens is 3. The largest absolute Gasteiger partial charge is 0.496 e. The Morgan fingerprint density at radius 2 is 1.84 bits per heavy atom. The Kier molecular flexibility index (Phi) is 5.21. The standard InChI is InChI=1S/C21H14F3N3O4S/c1-26-17(21(22,23)24)9-18(29)27(20(26)30)12-4-6-16-14(8-12)19(25-32-16)13-7-11(10-28)3-5-15(13)31-2/h3-10H,1-2H3. The number of carbonyl (C=O) groups is 1. The van der Waals surface area contributed by atoms with Crippen molar-refractivity contribution in [2.75, 3.05) is 7.11 Å². The number of benzene rings is 2. The topological polar surface area (TPSA) is 83.2 Å². The van der Waals surface area contributed by atoms with E-state index in [2.05, 4.69) is 4.37 Å². The maximum atomic E-state index is 13.1. The number of rotatable bonds is 4. The summed E-state index contributed by atoms with van der Waals surface area (Å²) in [6.45, 7) is 0. The number of carbonyl (C=O) groups excluding carboxylic acids is 1. The van der Waals surface area contributed by atoms with Gasteiger partial charge in [0.2, 0.25) is 0 Å². The van der Waals surface area contributed by atoms with Crippen LogP contribution in [0.15, 0.2) is 52.1 Å². The summed E-state index contributed by atoms with van der Waals surface area (Å²) in [5.74, 6) is 0.454. The molecule has 0 fully saturated rings. The van der Waals surface area contributed by atoms with Crippen molar-refractivity contribution in [2.45, 2.75) is 6.18 Å². The van der Waals surface area contributed by atoms with Gasteiger partial charge in [0, 0.05) is 29.6 Å². The molecule has 0 bridgehead atoms. The fourth-order valence-corrected chi connectivity index (χ4v) is 4.15. The maximum Gasteiger partial charge on any atom is 0.431 e. The van der Waals surface area contributed by atoms with E-state index >= 15 is 0 Å². The lowest BCUT2D eigenvalue weighted by atomic mass is 10.0. The predicted octanol–water partition coefficient (Wildman–Crippen LogP) is 3.65. The van der Waals surface area contributed by atoms with Crippen LogP contribution >= 0.6 is 11.5 Å². The van der Waals surface area contributed by atoms with Gasteiger partial charge in [-0.3, -0.25) is 14.2 Å². The Hall–Kier alpha value is -3.73.